The average Bonchev–Trinajstić information content (AvgIpc) is 2.04. The Morgan fingerprint density at radius 1 is 1.27 bits per heavy atom. The highest BCUT2D eigenvalue weighted by Crippen LogP contribution is 2.11. The van der Waals surface area contributed by atoms with Gasteiger partial charge in [-0.15, -0.1) is 0 Å². The van der Waals surface area contributed by atoms with Gasteiger partial charge < -0.3 is 10.5 Å². The summed E-state index contributed by atoms with van der Waals surface area (Å²) in [4.78, 5) is 4.21. The summed E-state index contributed by atoms with van der Waals surface area (Å²) in [6.45, 7) is 0.670. The lowest BCUT2D eigenvalue weighted by Gasteiger charge is -2.13. The van der Waals surface area contributed by atoms with Crippen LogP contribution in [0.3, 0.4) is 0 Å². The highest BCUT2D eigenvalue weighted by Gasteiger charge is 2.09. The monoisotopic (exact) mass is 154 g/mol. The van der Waals surface area contributed by atoms with Crippen molar-refractivity contribution in [3.8, 4) is 0 Å². The Balaban J connectivity index is 2.32. The molecule has 3 heteroatoms. The standard InChI is InChI=1S/C8H14N2O/c9-7-1-3-8(4-2-7)10-5-6-11/h9,11H,1-6H2. The first-order chi connectivity index (χ1) is 5.33. The van der Waals surface area contributed by atoms with E-state index >= 15 is 0 Å². The lowest BCUT2D eigenvalue weighted by molar-refractivity contribution is 0.306. The lowest BCUT2D eigenvalue weighted by atomic mass is 9.97. The zero-order chi connectivity index (χ0) is 8.10. The molecule has 62 valence electrons. The summed E-state index contributed by atoms with van der Waals surface area (Å²) in [5.41, 5.74) is 2.02. The fourth-order valence-electron chi connectivity index (χ4n) is 1.21. The van der Waals surface area contributed by atoms with Gasteiger partial charge in [0.15, 0.2) is 0 Å². The third-order valence-electron chi connectivity index (χ3n) is 1.87. The molecule has 0 amide bonds. The van der Waals surface area contributed by atoms with Crippen LogP contribution in [-0.4, -0.2) is 29.7 Å². The summed E-state index contributed by atoms with van der Waals surface area (Å²) in [7, 11) is 0. The largest absolute Gasteiger partial charge is 0.394 e. The van der Waals surface area contributed by atoms with Crippen molar-refractivity contribution < 1.29 is 5.11 Å². The van der Waals surface area contributed by atoms with E-state index in [2.05, 4.69) is 4.99 Å². The number of hydrogen-bond donors (Lipinski definition) is 2. The van der Waals surface area contributed by atoms with Crippen LogP contribution in [0.5, 0.6) is 0 Å². The van der Waals surface area contributed by atoms with E-state index in [9.17, 15) is 0 Å². The molecule has 1 aliphatic carbocycles. The van der Waals surface area contributed by atoms with Crippen molar-refractivity contribution in [2.24, 2.45) is 4.99 Å². The third-order valence-corrected chi connectivity index (χ3v) is 1.87. The van der Waals surface area contributed by atoms with E-state index in [0.717, 1.165) is 31.4 Å². The first kappa shape index (κ1) is 8.40. The number of aliphatic imine (C=N–C) groups is 1. The minimum absolute atomic E-state index is 0.140. The van der Waals surface area contributed by atoms with Gasteiger partial charge in [-0.1, -0.05) is 0 Å². The molecule has 0 aromatic heterocycles. The molecule has 0 aliphatic heterocycles. The summed E-state index contributed by atoms with van der Waals surface area (Å²) >= 11 is 0. The molecule has 0 aromatic rings. The Morgan fingerprint density at radius 3 is 2.45 bits per heavy atom. The van der Waals surface area contributed by atoms with Gasteiger partial charge in [-0.2, -0.15) is 0 Å². The van der Waals surface area contributed by atoms with Crippen LogP contribution in [0.4, 0.5) is 0 Å². The second-order valence-corrected chi connectivity index (χ2v) is 2.78. The number of aliphatic hydroxyl groups excluding tert-OH is 1. The quantitative estimate of drug-likeness (QED) is 0.612. The zero-order valence-corrected chi connectivity index (χ0v) is 6.64. The summed E-state index contributed by atoms with van der Waals surface area (Å²) in [6.07, 6.45) is 3.59. The van der Waals surface area contributed by atoms with Crippen LogP contribution >= 0.6 is 0 Å². The second-order valence-electron chi connectivity index (χ2n) is 2.78. The number of hydrogen-bond acceptors (Lipinski definition) is 3. The maximum atomic E-state index is 8.50. The van der Waals surface area contributed by atoms with Crippen molar-refractivity contribution in [2.75, 3.05) is 13.2 Å². The number of aliphatic hydroxyl groups is 1. The summed E-state index contributed by atoms with van der Waals surface area (Å²) in [6, 6.07) is 0. The van der Waals surface area contributed by atoms with Crippen molar-refractivity contribution in [1.29, 1.82) is 5.41 Å². The predicted molar refractivity (Wildman–Crippen MR) is 45.6 cm³/mol. The molecular weight excluding hydrogens is 140 g/mol. The van der Waals surface area contributed by atoms with Crippen LogP contribution in [0.15, 0.2) is 4.99 Å². The van der Waals surface area contributed by atoms with E-state index in [-0.39, 0.29) is 6.61 Å². The van der Waals surface area contributed by atoms with Gasteiger partial charge in [0.2, 0.25) is 0 Å². The Hall–Kier alpha value is -0.700. The summed E-state index contributed by atoms with van der Waals surface area (Å²) < 4.78 is 0. The summed E-state index contributed by atoms with van der Waals surface area (Å²) in [5, 5.41) is 15.9. The highest BCUT2D eigenvalue weighted by atomic mass is 16.3. The first-order valence-electron chi connectivity index (χ1n) is 4.02. The first-order valence-corrected chi connectivity index (χ1v) is 4.02. The maximum Gasteiger partial charge on any atom is 0.0626 e. The van der Waals surface area contributed by atoms with Gasteiger partial charge in [0.05, 0.1) is 13.2 Å². The normalized spacial score (nSPS) is 18.6. The molecule has 0 atom stereocenters. The van der Waals surface area contributed by atoms with Crippen LogP contribution in [0.1, 0.15) is 25.7 Å². The van der Waals surface area contributed by atoms with Crippen LogP contribution in [-0.2, 0) is 0 Å². The molecule has 0 radical (unpaired) electrons. The van der Waals surface area contributed by atoms with E-state index in [4.69, 9.17) is 10.5 Å². The molecule has 0 saturated heterocycles. The highest BCUT2D eigenvalue weighted by molar-refractivity contribution is 5.96. The number of rotatable bonds is 2. The second kappa shape index (κ2) is 4.23. The van der Waals surface area contributed by atoms with Crippen molar-refractivity contribution in [2.45, 2.75) is 25.7 Å². The van der Waals surface area contributed by atoms with E-state index < -0.39 is 0 Å². The molecule has 1 aliphatic rings. The number of nitrogens with zero attached hydrogens (tertiary/aromatic N) is 1. The van der Waals surface area contributed by atoms with Gasteiger partial charge in [0, 0.05) is 11.4 Å². The van der Waals surface area contributed by atoms with Gasteiger partial charge in [-0.3, -0.25) is 4.99 Å². The molecule has 1 fully saturated rings. The van der Waals surface area contributed by atoms with E-state index in [1.165, 1.54) is 5.71 Å². The molecule has 0 unspecified atom stereocenters. The van der Waals surface area contributed by atoms with Gasteiger partial charge in [0.25, 0.3) is 0 Å². The predicted octanol–water partition coefficient (Wildman–Crippen LogP) is 1.01. The minimum Gasteiger partial charge on any atom is -0.394 e. The fourth-order valence-corrected chi connectivity index (χ4v) is 1.21. The Bertz CT molecular complexity index is 163. The molecular formula is C8H14N2O. The van der Waals surface area contributed by atoms with E-state index in [1.54, 1.807) is 0 Å². The van der Waals surface area contributed by atoms with Gasteiger partial charge in [-0.05, 0) is 25.7 Å². The number of nitrogens with one attached hydrogen (secondary N) is 1. The topological polar surface area (TPSA) is 56.4 Å². The fraction of sp³-hybridized carbons (Fsp3) is 0.750. The van der Waals surface area contributed by atoms with Gasteiger partial charge in [0.1, 0.15) is 0 Å². The lowest BCUT2D eigenvalue weighted by Crippen LogP contribution is -2.13. The van der Waals surface area contributed by atoms with Gasteiger partial charge in [-0.25, -0.2) is 0 Å². The maximum absolute atomic E-state index is 8.50. The Kier molecular flexibility index (Phi) is 3.23. The van der Waals surface area contributed by atoms with E-state index in [1.807, 2.05) is 0 Å². The van der Waals surface area contributed by atoms with Crippen LogP contribution < -0.4 is 0 Å². The van der Waals surface area contributed by atoms with E-state index in [0.29, 0.717) is 6.54 Å². The molecule has 0 heterocycles. The van der Waals surface area contributed by atoms with Crippen molar-refractivity contribution in [1.82, 2.24) is 0 Å². The molecule has 3 nitrogen and oxygen atoms in total. The zero-order valence-electron chi connectivity index (χ0n) is 6.64. The SMILES string of the molecule is N=C1CCC(=NCCO)CC1. The van der Waals surface area contributed by atoms with Crippen molar-refractivity contribution >= 4 is 11.4 Å². The molecule has 0 spiro atoms. The minimum atomic E-state index is 0.140. The summed E-state index contributed by atoms with van der Waals surface area (Å²) in [5.74, 6) is 0. The molecule has 11 heavy (non-hydrogen) atoms. The smallest absolute Gasteiger partial charge is 0.0626 e. The Morgan fingerprint density at radius 2 is 1.91 bits per heavy atom. The van der Waals surface area contributed by atoms with Crippen LogP contribution in [0, 0.1) is 5.41 Å². The van der Waals surface area contributed by atoms with Crippen LogP contribution in [0.2, 0.25) is 0 Å². The molecule has 1 saturated carbocycles. The molecule has 2 N–H and O–H groups in total. The third kappa shape index (κ3) is 2.80. The van der Waals surface area contributed by atoms with Gasteiger partial charge >= 0.3 is 0 Å². The Labute approximate surface area is 66.7 Å². The van der Waals surface area contributed by atoms with Crippen molar-refractivity contribution in [3.05, 3.63) is 0 Å². The van der Waals surface area contributed by atoms with Crippen LogP contribution in [0.25, 0.3) is 0 Å². The average molecular weight is 154 g/mol. The molecule has 0 bridgehead atoms. The van der Waals surface area contributed by atoms with Crippen molar-refractivity contribution in [3.63, 3.8) is 0 Å². The molecule has 0 aromatic carbocycles. The molecule has 1 rings (SSSR count).